The number of nitrogens with zero attached hydrogens (tertiary/aromatic N) is 3. The summed E-state index contributed by atoms with van der Waals surface area (Å²) >= 11 is 1.79. The molecule has 4 amide bonds. The lowest BCUT2D eigenvalue weighted by molar-refractivity contribution is -0.138. The van der Waals surface area contributed by atoms with Crippen LogP contribution < -0.4 is 5.32 Å². The van der Waals surface area contributed by atoms with Gasteiger partial charge in [0.05, 0.1) is 10.1 Å². The molecule has 7 nitrogen and oxygen atoms in total. The monoisotopic (exact) mass is 528 g/mol. The van der Waals surface area contributed by atoms with Gasteiger partial charge in [-0.15, -0.1) is 11.8 Å². The number of hydrogen-bond donors (Lipinski definition) is 1. The van der Waals surface area contributed by atoms with Crippen LogP contribution in [-0.4, -0.2) is 68.3 Å². The number of fused-ring (bicyclic) bond motifs is 1. The van der Waals surface area contributed by atoms with Crippen molar-refractivity contribution in [2.24, 2.45) is 5.92 Å². The highest BCUT2D eigenvalue weighted by Gasteiger charge is 2.51. The summed E-state index contributed by atoms with van der Waals surface area (Å²) in [5.74, 6) is 0.824. The Morgan fingerprint density at radius 2 is 1.81 bits per heavy atom. The van der Waals surface area contributed by atoms with Crippen LogP contribution in [0.5, 0.6) is 0 Å². The Morgan fingerprint density at radius 1 is 1.11 bits per heavy atom. The van der Waals surface area contributed by atoms with Gasteiger partial charge in [-0.1, -0.05) is 57.7 Å². The van der Waals surface area contributed by atoms with Crippen LogP contribution in [0.25, 0.3) is 0 Å². The van der Waals surface area contributed by atoms with Gasteiger partial charge in [0.15, 0.2) is 0 Å². The van der Waals surface area contributed by atoms with Crippen molar-refractivity contribution >= 4 is 35.3 Å². The van der Waals surface area contributed by atoms with Crippen molar-refractivity contribution < 1.29 is 15.8 Å². The number of likely N-dealkylation sites (tertiary alicyclic amines) is 1. The summed E-state index contributed by atoms with van der Waals surface area (Å²) in [5.41, 5.74) is 2.02. The van der Waals surface area contributed by atoms with Crippen LogP contribution in [0.1, 0.15) is 85.0 Å². The molecular formula is C29H44N4O3S. The van der Waals surface area contributed by atoms with E-state index >= 15 is 0 Å². The van der Waals surface area contributed by atoms with Crippen LogP contribution >= 0.6 is 11.8 Å². The Hall–Kier alpha value is -2.22. The van der Waals surface area contributed by atoms with Crippen molar-refractivity contribution in [1.29, 1.82) is 0 Å². The first-order chi connectivity index (χ1) is 17.9. The lowest BCUT2D eigenvalue weighted by atomic mass is 10.0. The number of hydrogen-bond acceptors (Lipinski definition) is 4. The number of para-hydroxylation sites is 1. The van der Waals surface area contributed by atoms with E-state index < -0.39 is 0 Å². The molecule has 3 heterocycles. The third-order valence-corrected chi connectivity index (χ3v) is 10.4. The lowest BCUT2D eigenvalue weighted by Gasteiger charge is -2.40. The minimum Gasteiger partial charge on any atom is -0.342 e. The third-order valence-electron chi connectivity index (χ3n) is 8.69. The number of benzene rings is 1. The van der Waals surface area contributed by atoms with Crippen LogP contribution in [-0.2, 0) is 16.1 Å². The van der Waals surface area contributed by atoms with E-state index in [2.05, 4.69) is 30.1 Å². The van der Waals surface area contributed by atoms with Crippen LogP contribution in [0.4, 0.5) is 10.5 Å². The maximum absolute atomic E-state index is 13.6. The van der Waals surface area contributed by atoms with Gasteiger partial charge in [-0.2, -0.15) is 0 Å². The van der Waals surface area contributed by atoms with E-state index in [1.807, 2.05) is 28.0 Å². The Balaban J connectivity index is 0.00000336. The van der Waals surface area contributed by atoms with Gasteiger partial charge in [-0.3, -0.25) is 9.59 Å². The van der Waals surface area contributed by atoms with Crippen LogP contribution in [0.15, 0.2) is 24.3 Å². The fourth-order valence-electron chi connectivity index (χ4n) is 6.48. The molecule has 1 aromatic rings. The molecule has 1 saturated carbocycles. The molecule has 1 spiro atoms. The Labute approximate surface area is 227 Å². The maximum atomic E-state index is 13.6. The van der Waals surface area contributed by atoms with Crippen molar-refractivity contribution in [1.82, 2.24) is 14.7 Å². The van der Waals surface area contributed by atoms with Gasteiger partial charge in [-0.25, -0.2) is 4.79 Å². The molecular weight excluding hydrogens is 484 g/mol. The van der Waals surface area contributed by atoms with Crippen molar-refractivity contribution in [2.45, 2.75) is 101 Å². The Bertz CT molecular complexity index is 1010. The first-order valence-corrected chi connectivity index (χ1v) is 15.2. The fourth-order valence-corrected chi connectivity index (χ4v) is 8.30. The van der Waals surface area contributed by atoms with Crippen molar-refractivity contribution in [3.8, 4) is 0 Å². The number of urea groups is 1. The predicted molar refractivity (Wildman–Crippen MR) is 150 cm³/mol. The van der Waals surface area contributed by atoms with Gasteiger partial charge >= 0.3 is 6.03 Å². The summed E-state index contributed by atoms with van der Waals surface area (Å²) in [6.45, 7) is 7.13. The highest BCUT2D eigenvalue weighted by molar-refractivity contribution is 8.02. The molecule has 3 aliphatic heterocycles. The number of rotatable bonds is 6. The van der Waals surface area contributed by atoms with Crippen molar-refractivity contribution in [3.63, 3.8) is 0 Å². The molecule has 1 aromatic carbocycles. The van der Waals surface area contributed by atoms with E-state index in [4.69, 9.17) is 0 Å². The molecule has 8 heteroatoms. The van der Waals surface area contributed by atoms with E-state index in [9.17, 15) is 14.4 Å². The number of amides is 4. The van der Waals surface area contributed by atoms with Crippen LogP contribution in [0.2, 0.25) is 0 Å². The summed E-state index contributed by atoms with van der Waals surface area (Å²) in [6.07, 6.45) is 9.79. The van der Waals surface area contributed by atoms with Gasteiger partial charge in [-0.05, 0) is 49.7 Å². The number of anilines is 1. The minimum atomic E-state index is -0.264. The van der Waals surface area contributed by atoms with E-state index in [0.29, 0.717) is 32.0 Å². The summed E-state index contributed by atoms with van der Waals surface area (Å²) in [4.78, 5) is 45.6. The smallest absolute Gasteiger partial charge is 0.322 e. The first kappa shape index (κ1) is 26.4. The number of carbonyl (C=O) groups excluding carboxylic acids is 3. The SMILES string of the molecule is CC(C)CCN1C(=O)C(CC(=O)N2CCC(N3Cc4ccccc4NC3=O)CC2)SC12CCCCCC2.[HH]. The van der Waals surface area contributed by atoms with Gasteiger partial charge in [0.2, 0.25) is 11.8 Å². The van der Waals surface area contributed by atoms with Gasteiger partial charge in [0.1, 0.15) is 0 Å². The zero-order valence-corrected chi connectivity index (χ0v) is 23.2. The second-order valence-electron chi connectivity index (χ2n) is 11.7. The van der Waals surface area contributed by atoms with Crippen LogP contribution in [0, 0.1) is 5.92 Å². The van der Waals surface area contributed by atoms with E-state index in [1.165, 1.54) is 25.7 Å². The summed E-state index contributed by atoms with van der Waals surface area (Å²) in [5, 5.41) is 2.75. The second kappa shape index (κ2) is 11.3. The van der Waals surface area contributed by atoms with Crippen molar-refractivity contribution in [3.05, 3.63) is 29.8 Å². The zero-order valence-electron chi connectivity index (χ0n) is 22.4. The highest BCUT2D eigenvalue weighted by atomic mass is 32.2. The molecule has 1 atom stereocenters. The number of nitrogens with one attached hydrogen (secondary N) is 1. The average molecular weight is 529 g/mol. The highest BCUT2D eigenvalue weighted by Crippen LogP contribution is 2.50. The number of thioether (sulfide) groups is 1. The lowest BCUT2D eigenvalue weighted by Crippen LogP contribution is -2.51. The largest absolute Gasteiger partial charge is 0.342 e. The predicted octanol–water partition coefficient (Wildman–Crippen LogP) is 5.70. The molecule has 5 rings (SSSR count). The molecule has 204 valence electrons. The summed E-state index contributed by atoms with van der Waals surface area (Å²) in [7, 11) is 0. The van der Waals surface area contributed by atoms with Crippen LogP contribution in [0.3, 0.4) is 0 Å². The van der Waals surface area contributed by atoms with E-state index in [-0.39, 0.29) is 35.4 Å². The van der Waals surface area contributed by atoms with Gasteiger partial charge in [0.25, 0.3) is 0 Å². The Kier molecular flexibility index (Phi) is 8.03. The van der Waals surface area contributed by atoms with E-state index in [0.717, 1.165) is 49.9 Å². The molecule has 0 radical (unpaired) electrons. The molecule has 0 bridgehead atoms. The first-order valence-electron chi connectivity index (χ1n) is 14.3. The van der Waals surface area contributed by atoms with Crippen molar-refractivity contribution in [2.75, 3.05) is 25.0 Å². The quantitative estimate of drug-likeness (QED) is 0.514. The molecule has 2 saturated heterocycles. The molecule has 1 unspecified atom stereocenters. The minimum absolute atomic E-state index is 0. The zero-order chi connectivity index (χ0) is 26.0. The second-order valence-corrected chi connectivity index (χ2v) is 13.2. The molecule has 0 aromatic heterocycles. The van der Waals surface area contributed by atoms with Gasteiger partial charge < -0.3 is 20.0 Å². The normalized spacial score (nSPS) is 24.4. The summed E-state index contributed by atoms with van der Waals surface area (Å²) in [6, 6.07) is 8.01. The number of carbonyl (C=O) groups is 3. The fraction of sp³-hybridized carbons (Fsp3) is 0.690. The third kappa shape index (κ3) is 5.64. The standard InChI is InChI=1S/C29H42N4O3S.H2/c1-21(2)11-18-33-27(35)25(37-29(33)14-7-3-4-8-15-29)19-26(34)31-16-12-23(13-17-31)32-20-22-9-5-6-10-24(22)30-28(32)36;/h5-6,9-10,21,23,25H,3-4,7-8,11-20H2,1-2H3,(H,30,36);1H. The summed E-state index contributed by atoms with van der Waals surface area (Å²) < 4.78 is 0. The van der Waals surface area contributed by atoms with E-state index in [1.54, 1.807) is 11.8 Å². The maximum Gasteiger partial charge on any atom is 0.322 e. The molecule has 1 aliphatic carbocycles. The molecule has 37 heavy (non-hydrogen) atoms. The molecule has 1 N–H and O–H groups in total. The number of piperidine rings is 1. The molecule has 4 aliphatic rings. The van der Waals surface area contributed by atoms with Gasteiger partial charge in [0, 0.05) is 45.8 Å². The molecule has 3 fully saturated rings. The topological polar surface area (TPSA) is 73.0 Å². The Morgan fingerprint density at radius 3 is 2.51 bits per heavy atom. The average Bonchev–Trinajstić information content (AvgIpc) is 3.01.